The molecule has 4 aliphatic carbocycles. The van der Waals surface area contributed by atoms with Crippen LogP contribution in [0.15, 0.2) is 0 Å². The topological polar surface area (TPSA) is 101 Å². The third-order valence-corrected chi connectivity index (χ3v) is 11.2. The fourth-order valence-corrected chi connectivity index (χ4v) is 9.30. The van der Waals surface area contributed by atoms with Gasteiger partial charge >= 0.3 is 0 Å². The molecule has 0 saturated heterocycles. The number of rotatable bonds is 6. The van der Waals surface area contributed by atoms with E-state index in [1.165, 1.54) is 12.8 Å². The van der Waals surface area contributed by atoms with E-state index in [2.05, 4.69) is 20.8 Å². The Bertz CT molecular complexity index is 666. The molecular formula is C27H48O5. The Hall–Kier alpha value is -0.200. The van der Waals surface area contributed by atoms with E-state index in [1.54, 1.807) is 6.92 Å². The van der Waals surface area contributed by atoms with Crippen LogP contribution in [0.2, 0.25) is 0 Å². The normalized spacial score (nSPS) is 51.3. The van der Waals surface area contributed by atoms with Crippen molar-refractivity contribution in [3.8, 4) is 0 Å². The minimum Gasteiger partial charge on any atom is -0.393 e. The molecule has 4 saturated carbocycles. The van der Waals surface area contributed by atoms with Gasteiger partial charge in [0, 0.05) is 0 Å². The summed E-state index contributed by atoms with van der Waals surface area (Å²) in [5.41, 5.74) is -0.774. The standard InChI is InChI=1S/C27H48O5/c1-16(6-5-11-25(2,32)15-28)18-7-8-19-22-20(10-13-26(18,19)3)27(4)12-9-17(29)14-21(27)23(30)24(22)31/h16-24,28-32H,5-15H2,1-4H3. The van der Waals surface area contributed by atoms with Gasteiger partial charge in [0.1, 0.15) is 0 Å². The molecule has 4 fully saturated rings. The minimum absolute atomic E-state index is 0.00213. The van der Waals surface area contributed by atoms with Crippen molar-refractivity contribution in [3.05, 3.63) is 0 Å². The van der Waals surface area contributed by atoms with Crippen LogP contribution in [0.1, 0.15) is 91.9 Å². The van der Waals surface area contributed by atoms with Gasteiger partial charge < -0.3 is 25.5 Å². The van der Waals surface area contributed by atoms with Gasteiger partial charge in [-0.3, -0.25) is 0 Å². The average Bonchev–Trinajstić information content (AvgIpc) is 3.10. The highest BCUT2D eigenvalue weighted by Crippen LogP contribution is 2.68. The van der Waals surface area contributed by atoms with Gasteiger partial charge in [-0.15, -0.1) is 0 Å². The number of hydrogen-bond donors (Lipinski definition) is 5. The van der Waals surface area contributed by atoms with E-state index < -0.39 is 17.8 Å². The fraction of sp³-hybridized carbons (Fsp3) is 1.00. The highest BCUT2D eigenvalue weighted by Gasteiger charge is 2.65. The Kier molecular flexibility index (Phi) is 6.84. The molecule has 32 heavy (non-hydrogen) atoms. The fourth-order valence-electron chi connectivity index (χ4n) is 9.30. The molecule has 0 aromatic heterocycles. The summed E-state index contributed by atoms with van der Waals surface area (Å²) in [5, 5.41) is 52.3. The van der Waals surface area contributed by atoms with Crippen LogP contribution >= 0.6 is 0 Å². The van der Waals surface area contributed by atoms with Crippen LogP contribution in [0.25, 0.3) is 0 Å². The summed E-state index contributed by atoms with van der Waals surface area (Å²) in [6.45, 7) is 8.65. The van der Waals surface area contributed by atoms with Crippen molar-refractivity contribution in [3.63, 3.8) is 0 Å². The highest BCUT2D eigenvalue weighted by atomic mass is 16.3. The Morgan fingerprint density at radius 2 is 1.56 bits per heavy atom. The molecule has 0 aromatic carbocycles. The Morgan fingerprint density at radius 1 is 0.906 bits per heavy atom. The molecule has 4 rings (SSSR count). The van der Waals surface area contributed by atoms with Gasteiger partial charge in [-0.05, 0) is 105 Å². The quantitative estimate of drug-likeness (QED) is 0.425. The Balaban J connectivity index is 1.50. The lowest BCUT2D eigenvalue weighted by Crippen LogP contribution is -2.64. The van der Waals surface area contributed by atoms with Crippen LogP contribution in [0, 0.1) is 46.3 Å². The zero-order valence-electron chi connectivity index (χ0n) is 20.7. The van der Waals surface area contributed by atoms with Crippen molar-refractivity contribution in [1.29, 1.82) is 0 Å². The van der Waals surface area contributed by atoms with E-state index in [9.17, 15) is 25.5 Å². The summed E-state index contributed by atoms with van der Waals surface area (Å²) in [7, 11) is 0. The second-order valence-corrected chi connectivity index (χ2v) is 13.1. The number of hydrogen-bond acceptors (Lipinski definition) is 5. The lowest BCUT2D eigenvalue weighted by molar-refractivity contribution is -0.223. The molecular weight excluding hydrogens is 404 g/mol. The summed E-state index contributed by atoms with van der Waals surface area (Å²) in [4.78, 5) is 0. The first kappa shape index (κ1) is 24.9. The summed E-state index contributed by atoms with van der Waals surface area (Å²) < 4.78 is 0. The third kappa shape index (κ3) is 3.98. The van der Waals surface area contributed by atoms with Crippen LogP contribution in [0.5, 0.6) is 0 Å². The molecule has 5 heteroatoms. The van der Waals surface area contributed by atoms with Crippen LogP contribution in [-0.2, 0) is 0 Å². The predicted molar refractivity (Wildman–Crippen MR) is 125 cm³/mol. The van der Waals surface area contributed by atoms with Crippen LogP contribution in [0.3, 0.4) is 0 Å². The van der Waals surface area contributed by atoms with E-state index in [1.807, 2.05) is 0 Å². The van der Waals surface area contributed by atoms with Crippen LogP contribution in [-0.4, -0.2) is 56.1 Å². The molecule has 0 bridgehead atoms. The molecule has 0 aromatic rings. The van der Waals surface area contributed by atoms with E-state index in [0.29, 0.717) is 36.5 Å². The van der Waals surface area contributed by atoms with Crippen LogP contribution < -0.4 is 0 Å². The van der Waals surface area contributed by atoms with Gasteiger partial charge in [-0.25, -0.2) is 0 Å². The van der Waals surface area contributed by atoms with E-state index in [4.69, 9.17) is 0 Å². The first-order valence-electron chi connectivity index (χ1n) is 13.3. The lowest BCUT2D eigenvalue weighted by atomic mass is 9.43. The molecule has 12 atom stereocenters. The molecule has 0 spiro atoms. The van der Waals surface area contributed by atoms with Crippen molar-refractivity contribution < 1.29 is 25.5 Å². The number of aliphatic hydroxyl groups is 5. The van der Waals surface area contributed by atoms with Gasteiger partial charge in [0.05, 0.1) is 30.5 Å². The van der Waals surface area contributed by atoms with E-state index >= 15 is 0 Å². The largest absolute Gasteiger partial charge is 0.393 e. The number of aliphatic hydroxyl groups excluding tert-OH is 4. The highest BCUT2D eigenvalue weighted by molar-refractivity contribution is 5.14. The predicted octanol–water partition coefficient (Wildman–Crippen LogP) is 3.50. The molecule has 0 radical (unpaired) electrons. The first-order chi connectivity index (χ1) is 14.9. The van der Waals surface area contributed by atoms with Gasteiger partial charge in [-0.2, -0.15) is 0 Å². The summed E-state index contributed by atoms with van der Waals surface area (Å²) in [6.07, 6.45) is 7.87. The van der Waals surface area contributed by atoms with Crippen molar-refractivity contribution >= 4 is 0 Å². The van der Waals surface area contributed by atoms with Crippen molar-refractivity contribution in [2.45, 2.75) is 116 Å². The van der Waals surface area contributed by atoms with Crippen molar-refractivity contribution in [1.82, 2.24) is 0 Å². The smallest absolute Gasteiger partial charge is 0.0849 e. The Morgan fingerprint density at radius 3 is 2.25 bits per heavy atom. The van der Waals surface area contributed by atoms with Crippen molar-refractivity contribution in [2.24, 2.45) is 46.3 Å². The average molecular weight is 453 g/mol. The Labute approximate surface area is 194 Å². The van der Waals surface area contributed by atoms with Crippen molar-refractivity contribution in [2.75, 3.05) is 6.61 Å². The minimum atomic E-state index is -0.984. The SMILES string of the molecule is CC(CCCC(C)(O)CO)C1CCC2C3C(O)C(O)C4CC(O)CCC4(C)C3CCC12C. The molecule has 0 heterocycles. The van der Waals surface area contributed by atoms with E-state index in [0.717, 1.165) is 38.5 Å². The second-order valence-electron chi connectivity index (χ2n) is 13.1. The molecule has 4 aliphatic rings. The first-order valence-corrected chi connectivity index (χ1v) is 13.3. The zero-order chi connectivity index (χ0) is 23.5. The molecule has 12 unspecified atom stereocenters. The summed E-state index contributed by atoms with van der Waals surface area (Å²) >= 11 is 0. The van der Waals surface area contributed by atoms with Crippen LogP contribution in [0.4, 0.5) is 0 Å². The third-order valence-electron chi connectivity index (χ3n) is 11.2. The van der Waals surface area contributed by atoms with Gasteiger partial charge in [0.2, 0.25) is 0 Å². The van der Waals surface area contributed by atoms with Gasteiger partial charge in [0.15, 0.2) is 0 Å². The second kappa shape index (κ2) is 8.78. The summed E-state index contributed by atoms with van der Waals surface area (Å²) in [5.74, 6) is 2.20. The number of fused-ring (bicyclic) bond motifs is 5. The van der Waals surface area contributed by atoms with Gasteiger partial charge in [-0.1, -0.05) is 33.6 Å². The zero-order valence-corrected chi connectivity index (χ0v) is 20.7. The maximum Gasteiger partial charge on any atom is 0.0849 e. The molecule has 0 amide bonds. The van der Waals surface area contributed by atoms with Gasteiger partial charge in [0.25, 0.3) is 0 Å². The molecule has 186 valence electrons. The maximum absolute atomic E-state index is 11.4. The monoisotopic (exact) mass is 452 g/mol. The van der Waals surface area contributed by atoms with E-state index in [-0.39, 0.29) is 35.4 Å². The summed E-state index contributed by atoms with van der Waals surface area (Å²) in [6, 6.07) is 0. The maximum atomic E-state index is 11.4. The molecule has 5 N–H and O–H groups in total. The molecule has 0 aliphatic heterocycles. The lowest BCUT2D eigenvalue weighted by Gasteiger charge is -2.63. The molecule has 5 nitrogen and oxygen atoms in total.